The van der Waals surface area contributed by atoms with Gasteiger partial charge >= 0.3 is 0 Å². The average molecular weight is 435 g/mol. The minimum atomic E-state index is -0.547. The van der Waals surface area contributed by atoms with E-state index < -0.39 is 11.7 Å². The number of amides is 2. The number of hydrogen-bond donors (Lipinski definition) is 1. The number of carbonyl (C=O) groups excluding carboxylic acids is 2. The number of nitrogens with one attached hydrogen (secondary N) is 1. The van der Waals surface area contributed by atoms with Gasteiger partial charge in [0.05, 0.1) is 16.6 Å². The van der Waals surface area contributed by atoms with Gasteiger partial charge in [-0.05, 0) is 30.7 Å². The van der Waals surface area contributed by atoms with Gasteiger partial charge in [0.2, 0.25) is 5.91 Å². The first-order valence-electron chi connectivity index (χ1n) is 10.5. The Balaban J connectivity index is 1.69. The topological polar surface area (TPSA) is 67.2 Å². The van der Waals surface area contributed by atoms with Crippen molar-refractivity contribution in [1.82, 2.24) is 19.8 Å². The number of fused-ring (bicyclic) bond motifs is 1. The van der Waals surface area contributed by atoms with E-state index in [-0.39, 0.29) is 18.0 Å². The minimum Gasteiger partial charge on any atom is -0.352 e. The number of rotatable bonds is 11. The van der Waals surface area contributed by atoms with Gasteiger partial charge in [0.25, 0.3) is 5.91 Å². The Kier molecular flexibility index (Phi) is 7.91. The molecule has 0 fully saturated rings. The Hall–Kier alpha value is -3.74. The monoisotopic (exact) mass is 434 g/mol. The van der Waals surface area contributed by atoms with Crippen molar-refractivity contribution < 1.29 is 14.0 Å². The van der Waals surface area contributed by atoms with Crippen molar-refractivity contribution in [3.63, 3.8) is 0 Å². The predicted octanol–water partition coefficient (Wildman–Crippen LogP) is 3.74. The number of benzene rings is 2. The summed E-state index contributed by atoms with van der Waals surface area (Å²) in [7, 11) is 0. The third-order valence-corrected chi connectivity index (χ3v) is 5.06. The molecule has 6 nitrogen and oxygen atoms in total. The molecule has 3 aromatic rings. The van der Waals surface area contributed by atoms with Gasteiger partial charge in [0, 0.05) is 26.1 Å². The molecule has 0 bridgehead atoms. The van der Waals surface area contributed by atoms with Crippen LogP contribution < -0.4 is 5.32 Å². The van der Waals surface area contributed by atoms with Crippen LogP contribution in [0.3, 0.4) is 0 Å². The molecule has 1 N–H and O–H groups in total. The summed E-state index contributed by atoms with van der Waals surface area (Å²) in [5, 5.41) is 2.74. The van der Waals surface area contributed by atoms with Gasteiger partial charge in [0.1, 0.15) is 18.2 Å². The van der Waals surface area contributed by atoms with Crippen molar-refractivity contribution >= 4 is 22.8 Å². The largest absolute Gasteiger partial charge is 0.352 e. The van der Waals surface area contributed by atoms with E-state index in [0.717, 1.165) is 16.9 Å². The van der Waals surface area contributed by atoms with Crippen LogP contribution in [0.4, 0.5) is 4.39 Å². The van der Waals surface area contributed by atoms with Crippen molar-refractivity contribution in [3.8, 4) is 0 Å². The van der Waals surface area contributed by atoms with E-state index in [2.05, 4.69) is 23.5 Å². The molecule has 3 rings (SSSR count). The molecule has 0 aliphatic rings. The third-order valence-electron chi connectivity index (χ3n) is 5.06. The fourth-order valence-corrected chi connectivity index (χ4v) is 3.51. The molecule has 0 saturated carbocycles. The molecule has 0 aliphatic carbocycles. The highest BCUT2D eigenvalue weighted by Crippen LogP contribution is 2.18. The quantitative estimate of drug-likeness (QED) is 0.369. The maximum atomic E-state index is 13.8. The summed E-state index contributed by atoms with van der Waals surface area (Å²) in [6.45, 7) is 8.83. The normalized spacial score (nSPS) is 10.7. The predicted molar refractivity (Wildman–Crippen MR) is 124 cm³/mol. The van der Waals surface area contributed by atoms with Crippen LogP contribution in [0.15, 0.2) is 73.8 Å². The number of aryl methyl sites for hydroxylation is 1. The Labute approximate surface area is 187 Å². The third kappa shape index (κ3) is 5.49. The molecule has 7 heteroatoms. The van der Waals surface area contributed by atoms with E-state index in [4.69, 9.17) is 0 Å². The first-order valence-corrected chi connectivity index (χ1v) is 10.5. The number of para-hydroxylation sites is 2. The van der Waals surface area contributed by atoms with E-state index >= 15 is 0 Å². The summed E-state index contributed by atoms with van der Waals surface area (Å²) in [6, 6.07) is 13.5. The van der Waals surface area contributed by atoms with Gasteiger partial charge < -0.3 is 14.8 Å². The van der Waals surface area contributed by atoms with Crippen molar-refractivity contribution in [1.29, 1.82) is 0 Å². The van der Waals surface area contributed by atoms with Crippen molar-refractivity contribution in [3.05, 3.63) is 91.0 Å². The second kappa shape index (κ2) is 11.0. The molecular formula is C25H27FN4O2. The first kappa shape index (κ1) is 22.9. The molecule has 0 saturated heterocycles. The minimum absolute atomic E-state index is 0.0230. The van der Waals surface area contributed by atoms with Gasteiger partial charge in [0.15, 0.2) is 0 Å². The Morgan fingerprint density at radius 1 is 1.06 bits per heavy atom. The Bertz CT molecular complexity index is 1110. The second-order valence-corrected chi connectivity index (χ2v) is 7.32. The average Bonchev–Trinajstić information content (AvgIpc) is 3.14. The van der Waals surface area contributed by atoms with E-state index in [1.807, 2.05) is 28.8 Å². The molecule has 2 aromatic carbocycles. The van der Waals surface area contributed by atoms with Crippen LogP contribution in [0.2, 0.25) is 0 Å². The molecule has 166 valence electrons. The van der Waals surface area contributed by atoms with E-state index in [9.17, 15) is 14.0 Å². The summed E-state index contributed by atoms with van der Waals surface area (Å²) in [5.41, 5.74) is 1.71. The summed E-state index contributed by atoms with van der Waals surface area (Å²) < 4.78 is 15.7. The van der Waals surface area contributed by atoms with Crippen LogP contribution in [-0.2, 0) is 17.8 Å². The number of aromatic nitrogens is 2. The molecule has 1 aromatic heterocycles. The number of nitrogens with zero attached hydrogens (tertiary/aromatic N) is 3. The van der Waals surface area contributed by atoms with Crippen LogP contribution in [0.5, 0.6) is 0 Å². The van der Waals surface area contributed by atoms with Crippen LogP contribution in [-0.4, -0.2) is 45.9 Å². The van der Waals surface area contributed by atoms with Crippen molar-refractivity contribution in [2.45, 2.75) is 19.4 Å². The highest BCUT2D eigenvalue weighted by Gasteiger charge is 2.17. The van der Waals surface area contributed by atoms with Gasteiger partial charge in [-0.2, -0.15) is 0 Å². The summed E-state index contributed by atoms with van der Waals surface area (Å²) >= 11 is 0. The lowest BCUT2D eigenvalue weighted by molar-refractivity contribution is -0.130. The molecule has 32 heavy (non-hydrogen) atoms. The highest BCUT2D eigenvalue weighted by molar-refractivity contribution is 5.94. The fourth-order valence-electron chi connectivity index (χ4n) is 3.51. The first-order chi connectivity index (χ1) is 15.5. The number of halogens is 1. The zero-order valence-electron chi connectivity index (χ0n) is 18.0. The summed E-state index contributed by atoms with van der Waals surface area (Å²) in [5.74, 6) is -0.288. The lowest BCUT2D eigenvalue weighted by Gasteiger charge is -2.20. The van der Waals surface area contributed by atoms with Crippen LogP contribution >= 0.6 is 0 Å². The fraction of sp³-hybridized carbons (Fsp3) is 0.240. The van der Waals surface area contributed by atoms with Gasteiger partial charge in [-0.3, -0.25) is 9.59 Å². The highest BCUT2D eigenvalue weighted by atomic mass is 19.1. The Morgan fingerprint density at radius 2 is 1.75 bits per heavy atom. The zero-order chi connectivity index (χ0) is 22.9. The number of carbonyl (C=O) groups is 2. The lowest BCUT2D eigenvalue weighted by atomic mass is 10.2. The van der Waals surface area contributed by atoms with Crippen molar-refractivity contribution in [2.75, 3.05) is 19.6 Å². The molecule has 0 unspecified atom stereocenters. The molecule has 0 spiro atoms. The maximum Gasteiger partial charge on any atom is 0.254 e. The van der Waals surface area contributed by atoms with Crippen LogP contribution in [0.25, 0.3) is 11.0 Å². The van der Waals surface area contributed by atoms with Crippen LogP contribution in [0.1, 0.15) is 22.6 Å². The van der Waals surface area contributed by atoms with E-state index in [0.29, 0.717) is 32.5 Å². The van der Waals surface area contributed by atoms with Gasteiger partial charge in [-0.1, -0.05) is 36.4 Å². The second-order valence-electron chi connectivity index (χ2n) is 7.32. The zero-order valence-corrected chi connectivity index (χ0v) is 18.0. The summed E-state index contributed by atoms with van der Waals surface area (Å²) in [6.07, 6.45) is 4.53. The van der Waals surface area contributed by atoms with Crippen molar-refractivity contribution in [2.24, 2.45) is 0 Å². The smallest absolute Gasteiger partial charge is 0.254 e. The standard InChI is InChI=1S/C25H27FN4O2/c1-3-16-29(17-4-2)24(31)18-30-22-13-8-7-12-21(22)28-23(30)14-9-15-27-25(32)19-10-5-6-11-20(19)26/h3-8,10-13H,1-2,9,14-18H2,(H,27,32). The van der Waals surface area contributed by atoms with E-state index in [1.165, 1.54) is 12.1 Å². The van der Waals surface area contributed by atoms with Crippen LogP contribution in [0, 0.1) is 5.82 Å². The molecule has 1 heterocycles. The number of hydrogen-bond acceptors (Lipinski definition) is 3. The molecular weight excluding hydrogens is 407 g/mol. The lowest BCUT2D eigenvalue weighted by Crippen LogP contribution is -2.34. The summed E-state index contributed by atoms with van der Waals surface area (Å²) in [4.78, 5) is 31.4. The van der Waals surface area contributed by atoms with E-state index in [1.54, 1.807) is 29.2 Å². The molecule has 0 atom stereocenters. The molecule has 0 radical (unpaired) electrons. The Morgan fingerprint density at radius 3 is 2.47 bits per heavy atom. The number of imidazole rings is 1. The SMILES string of the molecule is C=CCN(CC=C)C(=O)Cn1c(CCCNC(=O)c2ccccc2F)nc2ccccc21. The van der Waals surface area contributed by atoms with Gasteiger partial charge in [-0.15, -0.1) is 13.2 Å². The molecule has 2 amide bonds. The van der Waals surface area contributed by atoms with Gasteiger partial charge in [-0.25, -0.2) is 9.37 Å². The maximum absolute atomic E-state index is 13.8. The molecule has 0 aliphatic heterocycles.